The van der Waals surface area contributed by atoms with Crippen molar-refractivity contribution in [2.24, 2.45) is 0 Å². The summed E-state index contributed by atoms with van der Waals surface area (Å²) >= 11 is 0.912. The summed E-state index contributed by atoms with van der Waals surface area (Å²) in [5.41, 5.74) is 5.28. The van der Waals surface area contributed by atoms with Gasteiger partial charge in [0, 0.05) is 29.2 Å². The average Bonchev–Trinajstić information content (AvgIpc) is 3.23. The number of amides is 2. The molecule has 1 saturated heterocycles. The Hall–Kier alpha value is -3.85. The minimum Gasteiger partial charge on any atom is -0.492 e. The zero-order valence-electron chi connectivity index (χ0n) is 19.9. The molecule has 180 valence electrons. The predicted octanol–water partition coefficient (Wildman–Crippen LogP) is 5.73. The lowest BCUT2D eigenvalue weighted by atomic mass is 10.1. The fourth-order valence-corrected chi connectivity index (χ4v) is 4.96. The molecule has 0 bridgehead atoms. The summed E-state index contributed by atoms with van der Waals surface area (Å²) in [6, 6.07) is 14.3. The van der Waals surface area contributed by atoms with E-state index in [2.05, 4.69) is 0 Å². The van der Waals surface area contributed by atoms with Gasteiger partial charge in [-0.2, -0.15) is 0 Å². The minimum atomic E-state index is -0.417. The Morgan fingerprint density at radius 2 is 1.83 bits per heavy atom. The maximum Gasteiger partial charge on any atom is 0.293 e. The second-order valence-electron chi connectivity index (χ2n) is 8.39. The van der Waals surface area contributed by atoms with Crippen LogP contribution in [0.2, 0.25) is 0 Å². The number of thioether (sulfide) groups is 1. The highest BCUT2D eigenvalue weighted by molar-refractivity contribution is 8.18. The first kappa shape index (κ1) is 24.3. The Balaban J connectivity index is 1.52. The number of hydrogen-bond acceptors (Lipinski definition) is 6. The first-order chi connectivity index (χ1) is 16.7. The van der Waals surface area contributed by atoms with Crippen molar-refractivity contribution in [3.8, 4) is 11.4 Å². The summed E-state index contributed by atoms with van der Waals surface area (Å²) in [4.78, 5) is 37.7. The SMILES string of the molecule is Cc1cccc(OCCN2C(=O)S/C(=C\c3cc(C)n(-c4ccc([N+](=O)[O-])cc4C)c3C)C2=O)c1. The van der Waals surface area contributed by atoms with E-state index in [0.717, 1.165) is 45.5 Å². The molecule has 0 N–H and O–H groups in total. The Labute approximate surface area is 207 Å². The number of benzene rings is 2. The monoisotopic (exact) mass is 491 g/mol. The van der Waals surface area contributed by atoms with Crippen LogP contribution in [0.15, 0.2) is 53.4 Å². The maximum atomic E-state index is 12.9. The Bertz CT molecular complexity index is 1380. The molecule has 0 unspecified atom stereocenters. The highest BCUT2D eigenvalue weighted by atomic mass is 32.2. The molecule has 3 aromatic rings. The number of hydrogen-bond donors (Lipinski definition) is 0. The molecule has 0 radical (unpaired) electrons. The zero-order chi connectivity index (χ0) is 25.3. The van der Waals surface area contributed by atoms with Gasteiger partial charge in [-0.25, -0.2) is 0 Å². The van der Waals surface area contributed by atoms with Gasteiger partial charge in [0.05, 0.1) is 16.4 Å². The number of ether oxygens (including phenoxy) is 1. The highest BCUT2D eigenvalue weighted by Gasteiger charge is 2.35. The highest BCUT2D eigenvalue weighted by Crippen LogP contribution is 2.34. The summed E-state index contributed by atoms with van der Waals surface area (Å²) in [6.07, 6.45) is 1.73. The third kappa shape index (κ3) is 5.00. The van der Waals surface area contributed by atoms with Crippen molar-refractivity contribution < 1.29 is 19.2 Å². The zero-order valence-corrected chi connectivity index (χ0v) is 20.7. The summed E-state index contributed by atoms with van der Waals surface area (Å²) in [5.74, 6) is 0.352. The summed E-state index contributed by atoms with van der Waals surface area (Å²) < 4.78 is 7.69. The molecule has 0 spiro atoms. The van der Waals surface area contributed by atoms with Gasteiger partial charge in [0.25, 0.3) is 16.8 Å². The number of carbonyl (C=O) groups excluding carboxylic acids is 2. The Morgan fingerprint density at radius 3 is 2.51 bits per heavy atom. The van der Waals surface area contributed by atoms with Crippen molar-refractivity contribution in [2.75, 3.05) is 13.2 Å². The van der Waals surface area contributed by atoms with Gasteiger partial charge in [-0.15, -0.1) is 0 Å². The topological polar surface area (TPSA) is 94.7 Å². The number of non-ortho nitro benzene ring substituents is 1. The van der Waals surface area contributed by atoms with Crippen molar-refractivity contribution in [2.45, 2.75) is 27.7 Å². The third-order valence-electron chi connectivity index (χ3n) is 5.84. The van der Waals surface area contributed by atoms with Gasteiger partial charge in [-0.3, -0.25) is 24.6 Å². The number of aromatic nitrogens is 1. The van der Waals surface area contributed by atoms with Crippen LogP contribution in [0.4, 0.5) is 10.5 Å². The van der Waals surface area contributed by atoms with E-state index in [1.54, 1.807) is 12.1 Å². The van der Waals surface area contributed by atoms with Crippen LogP contribution < -0.4 is 4.74 Å². The fraction of sp³-hybridized carbons (Fsp3) is 0.231. The van der Waals surface area contributed by atoms with Crippen LogP contribution in [-0.2, 0) is 4.79 Å². The molecule has 2 amide bonds. The molecule has 4 rings (SSSR count). The summed E-state index contributed by atoms with van der Waals surface area (Å²) in [5, 5.41) is 10.8. The van der Waals surface area contributed by atoms with Crippen LogP contribution >= 0.6 is 11.8 Å². The van der Waals surface area contributed by atoms with Gasteiger partial charge in [0.15, 0.2) is 0 Å². The average molecular weight is 492 g/mol. The molecule has 0 atom stereocenters. The molecule has 1 aliphatic heterocycles. The summed E-state index contributed by atoms with van der Waals surface area (Å²) in [6.45, 7) is 8.01. The molecular formula is C26H25N3O5S. The number of aryl methyl sites for hydroxylation is 3. The first-order valence-electron chi connectivity index (χ1n) is 11.0. The van der Waals surface area contributed by atoms with E-state index in [1.807, 2.05) is 62.6 Å². The van der Waals surface area contributed by atoms with Gasteiger partial charge in [0.1, 0.15) is 12.4 Å². The largest absolute Gasteiger partial charge is 0.492 e. The number of carbonyl (C=O) groups is 2. The molecule has 0 saturated carbocycles. The van der Waals surface area contributed by atoms with Gasteiger partial charge in [0.2, 0.25) is 0 Å². The molecule has 1 aromatic heterocycles. The Kier molecular flexibility index (Phi) is 6.79. The molecule has 0 aliphatic carbocycles. The van der Waals surface area contributed by atoms with Gasteiger partial charge < -0.3 is 9.30 Å². The van der Waals surface area contributed by atoms with Crippen LogP contribution in [0, 0.1) is 37.8 Å². The maximum absolute atomic E-state index is 12.9. The van der Waals surface area contributed by atoms with Crippen molar-refractivity contribution in [3.63, 3.8) is 0 Å². The number of nitrogens with zero attached hydrogens (tertiary/aromatic N) is 3. The fourth-order valence-electron chi connectivity index (χ4n) is 4.10. The lowest BCUT2D eigenvalue weighted by Gasteiger charge is -2.13. The van der Waals surface area contributed by atoms with E-state index in [1.165, 1.54) is 17.0 Å². The van der Waals surface area contributed by atoms with E-state index in [4.69, 9.17) is 4.74 Å². The molecule has 8 nitrogen and oxygen atoms in total. The van der Waals surface area contributed by atoms with Gasteiger partial charge in [-0.1, -0.05) is 12.1 Å². The summed E-state index contributed by atoms with van der Waals surface area (Å²) in [7, 11) is 0. The number of nitro groups is 1. The smallest absolute Gasteiger partial charge is 0.293 e. The normalized spacial score (nSPS) is 14.7. The van der Waals surface area contributed by atoms with Crippen LogP contribution in [0.25, 0.3) is 11.8 Å². The van der Waals surface area contributed by atoms with Crippen LogP contribution in [0.5, 0.6) is 5.75 Å². The van der Waals surface area contributed by atoms with E-state index in [9.17, 15) is 19.7 Å². The number of nitro benzene ring substituents is 1. The van der Waals surface area contributed by atoms with E-state index < -0.39 is 4.92 Å². The second-order valence-corrected chi connectivity index (χ2v) is 9.38. The minimum absolute atomic E-state index is 0.0361. The van der Waals surface area contributed by atoms with Crippen LogP contribution in [0.3, 0.4) is 0 Å². The molecular weight excluding hydrogens is 466 g/mol. The molecule has 35 heavy (non-hydrogen) atoms. The lowest BCUT2D eigenvalue weighted by Crippen LogP contribution is -2.32. The van der Waals surface area contributed by atoms with E-state index >= 15 is 0 Å². The van der Waals surface area contributed by atoms with Crippen molar-refractivity contribution >= 4 is 34.7 Å². The lowest BCUT2D eigenvalue weighted by molar-refractivity contribution is -0.384. The van der Waals surface area contributed by atoms with Gasteiger partial charge >= 0.3 is 0 Å². The van der Waals surface area contributed by atoms with Crippen molar-refractivity contribution in [3.05, 3.63) is 91.6 Å². The van der Waals surface area contributed by atoms with Crippen LogP contribution in [0.1, 0.15) is 28.1 Å². The number of rotatable bonds is 7. The Morgan fingerprint density at radius 1 is 1.06 bits per heavy atom. The molecule has 9 heteroatoms. The van der Waals surface area contributed by atoms with Crippen LogP contribution in [-0.4, -0.2) is 38.7 Å². The second kappa shape index (κ2) is 9.79. The van der Waals surface area contributed by atoms with Crippen molar-refractivity contribution in [1.82, 2.24) is 9.47 Å². The predicted molar refractivity (Wildman–Crippen MR) is 136 cm³/mol. The molecule has 2 aromatic carbocycles. The van der Waals surface area contributed by atoms with Crippen molar-refractivity contribution in [1.29, 1.82) is 0 Å². The standard InChI is InChI=1S/C26H25N3O5S/c1-16-6-5-7-22(12-16)34-11-10-27-25(30)24(35-26(27)31)15-20-14-18(3)28(19(20)4)23-9-8-21(29(32)33)13-17(23)2/h5-9,12-15H,10-11H2,1-4H3/b24-15-. The van der Waals surface area contributed by atoms with E-state index in [0.29, 0.717) is 10.7 Å². The molecule has 1 fully saturated rings. The first-order valence-corrected chi connectivity index (χ1v) is 11.9. The quantitative estimate of drug-likeness (QED) is 0.238. The molecule has 2 heterocycles. The number of imide groups is 1. The van der Waals surface area contributed by atoms with E-state index in [-0.39, 0.29) is 30.0 Å². The third-order valence-corrected chi connectivity index (χ3v) is 6.74. The van der Waals surface area contributed by atoms with Gasteiger partial charge in [-0.05, 0) is 86.5 Å². The molecule has 1 aliphatic rings.